The fraction of sp³-hybridized carbons (Fsp3) is 0.316. The van der Waals surface area contributed by atoms with Crippen LogP contribution in [0.1, 0.15) is 48.6 Å². The molecule has 8 heteroatoms. The van der Waals surface area contributed by atoms with E-state index in [4.69, 9.17) is 0 Å². The highest BCUT2D eigenvalue weighted by molar-refractivity contribution is 7.92. The fourth-order valence-electron chi connectivity index (χ4n) is 5.27. The molecule has 7 nitrogen and oxygen atoms in total. The van der Waals surface area contributed by atoms with Gasteiger partial charge in [-0.3, -0.25) is 13.9 Å². The summed E-state index contributed by atoms with van der Waals surface area (Å²) in [5.41, 5.74) is 4.98. The second-order valence-electron chi connectivity index (χ2n) is 12.2. The monoisotopic (exact) mass is 639 g/mol. The third-order valence-electron chi connectivity index (χ3n) is 7.96. The molecule has 0 aromatic heterocycles. The average Bonchev–Trinajstić information content (AvgIpc) is 3.05. The molecule has 1 N–H and O–H groups in total. The molecule has 0 unspecified atom stereocenters. The summed E-state index contributed by atoms with van der Waals surface area (Å²) in [5, 5.41) is 3.03. The molecular weight excluding hydrogens is 595 g/mol. The van der Waals surface area contributed by atoms with Crippen LogP contribution in [0.2, 0.25) is 0 Å². The van der Waals surface area contributed by atoms with Crippen molar-refractivity contribution in [3.8, 4) is 0 Å². The number of hydrogen-bond donors (Lipinski definition) is 1. The van der Waals surface area contributed by atoms with Crippen molar-refractivity contribution in [3.05, 3.63) is 131 Å². The maximum atomic E-state index is 14.6. The zero-order valence-electron chi connectivity index (χ0n) is 27.4. The minimum absolute atomic E-state index is 0.0948. The lowest BCUT2D eigenvalue weighted by Crippen LogP contribution is -2.53. The van der Waals surface area contributed by atoms with E-state index in [9.17, 15) is 18.0 Å². The topological polar surface area (TPSA) is 86.8 Å². The van der Waals surface area contributed by atoms with Crippen LogP contribution in [-0.2, 0) is 39.0 Å². The first kappa shape index (κ1) is 34.4. The Morgan fingerprint density at radius 1 is 0.761 bits per heavy atom. The van der Waals surface area contributed by atoms with Crippen LogP contribution in [0.5, 0.6) is 0 Å². The van der Waals surface area contributed by atoms with Crippen molar-refractivity contribution in [2.75, 3.05) is 17.4 Å². The molecular formula is C38H45N3O4S. The number of benzene rings is 4. The first-order chi connectivity index (χ1) is 22.0. The maximum Gasteiger partial charge on any atom is 0.264 e. The number of nitrogens with one attached hydrogen (secondary N) is 1. The molecule has 46 heavy (non-hydrogen) atoms. The van der Waals surface area contributed by atoms with Crippen LogP contribution in [0, 0.1) is 19.8 Å². The second-order valence-corrected chi connectivity index (χ2v) is 14.0. The van der Waals surface area contributed by atoms with E-state index in [1.54, 1.807) is 41.3 Å². The van der Waals surface area contributed by atoms with Crippen LogP contribution in [0.4, 0.5) is 5.69 Å². The summed E-state index contributed by atoms with van der Waals surface area (Å²) in [6, 6.07) is 30.4. The van der Waals surface area contributed by atoms with E-state index >= 15 is 0 Å². The first-order valence-corrected chi connectivity index (χ1v) is 17.3. The Hall–Kier alpha value is -4.43. The van der Waals surface area contributed by atoms with E-state index in [1.165, 1.54) is 4.31 Å². The van der Waals surface area contributed by atoms with Gasteiger partial charge in [-0.05, 0) is 61.1 Å². The smallest absolute Gasteiger partial charge is 0.264 e. The quantitative estimate of drug-likeness (QED) is 0.171. The molecule has 0 aliphatic heterocycles. The van der Waals surface area contributed by atoms with Crippen molar-refractivity contribution in [1.29, 1.82) is 0 Å². The van der Waals surface area contributed by atoms with Crippen molar-refractivity contribution in [2.45, 2.75) is 64.9 Å². The average molecular weight is 640 g/mol. The van der Waals surface area contributed by atoms with Gasteiger partial charge in [0.05, 0.1) is 10.6 Å². The molecule has 0 radical (unpaired) electrons. The van der Waals surface area contributed by atoms with Crippen LogP contribution in [-0.4, -0.2) is 44.3 Å². The number of amides is 2. The third-order valence-corrected chi connectivity index (χ3v) is 9.73. The van der Waals surface area contributed by atoms with Gasteiger partial charge in [0.25, 0.3) is 10.0 Å². The number of para-hydroxylation sites is 1. The molecule has 0 aliphatic carbocycles. The number of anilines is 1. The van der Waals surface area contributed by atoms with Crippen LogP contribution >= 0.6 is 0 Å². The lowest BCUT2D eigenvalue weighted by Gasteiger charge is -2.34. The van der Waals surface area contributed by atoms with Gasteiger partial charge in [0.2, 0.25) is 11.8 Å². The molecule has 0 fully saturated rings. The summed E-state index contributed by atoms with van der Waals surface area (Å²) in [5.74, 6) is -0.536. The number of nitrogens with zero attached hydrogens (tertiary/aromatic N) is 2. The Balaban J connectivity index is 1.82. The van der Waals surface area contributed by atoms with Gasteiger partial charge in [0.1, 0.15) is 12.6 Å². The summed E-state index contributed by atoms with van der Waals surface area (Å²) < 4.78 is 29.8. The van der Waals surface area contributed by atoms with Gasteiger partial charge >= 0.3 is 0 Å². The summed E-state index contributed by atoms with van der Waals surface area (Å²) in [6.45, 7) is 9.99. The number of aryl methyl sites for hydroxylation is 3. The SMILES string of the molecule is CCc1ccccc1N(CC(=O)N(Cc1ccc(C)cc1)[C@H](Cc1ccccc1)C(=O)NCC(C)C)S(=O)(=O)c1ccc(C)cc1. The summed E-state index contributed by atoms with van der Waals surface area (Å²) in [6.07, 6.45) is 0.851. The van der Waals surface area contributed by atoms with Gasteiger partial charge in [-0.2, -0.15) is 0 Å². The van der Waals surface area contributed by atoms with E-state index in [2.05, 4.69) is 5.32 Å². The Labute approximate surface area is 274 Å². The molecule has 0 saturated carbocycles. The normalized spacial score (nSPS) is 12.0. The van der Waals surface area contributed by atoms with Gasteiger partial charge in [-0.1, -0.05) is 117 Å². The molecule has 4 rings (SSSR count). The highest BCUT2D eigenvalue weighted by Gasteiger charge is 2.35. The standard InChI is InChI=1S/C38H45N3O4S/c1-6-33-14-10-11-15-35(33)41(46(44,45)34-22-18-30(5)19-23-34)27-37(42)40(26-32-20-16-29(4)17-21-32)36(38(43)39-25-28(2)3)24-31-12-8-7-9-13-31/h7-23,28,36H,6,24-27H2,1-5H3,(H,39,43)/t36-/m1/s1. The van der Waals surface area contributed by atoms with Gasteiger partial charge in [0.15, 0.2) is 0 Å². The molecule has 1 atom stereocenters. The molecule has 4 aromatic carbocycles. The molecule has 242 valence electrons. The Morgan fingerprint density at radius 2 is 1.35 bits per heavy atom. The van der Waals surface area contributed by atoms with Gasteiger partial charge in [-0.25, -0.2) is 8.42 Å². The summed E-state index contributed by atoms with van der Waals surface area (Å²) in [4.78, 5) is 30.2. The summed E-state index contributed by atoms with van der Waals surface area (Å²) >= 11 is 0. The van der Waals surface area contributed by atoms with Gasteiger partial charge in [-0.15, -0.1) is 0 Å². The first-order valence-electron chi connectivity index (χ1n) is 15.8. The molecule has 0 bridgehead atoms. The van der Waals surface area contributed by atoms with E-state index in [0.29, 0.717) is 18.7 Å². The molecule has 0 aliphatic rings. The summed E-state index contributed by atoms with van der Waals surface area (Å²) in [7, 11) is -4.15. The Bertz CT molecular complexity index is 1700. The van der Waals surface area contributed by atoms with E-state index in [0.717, 1.165) is 27.8 Å². The predicted octanol–water partition coefficient (Wildman–Crippen LogP) is 6.47. The molecule has 0 heterocycles. The number of carbonyl (C=O) groups is 2. The molecule has 2 amide bonds. The highest BCUT2D eigenvalue weighted by atomic mass is 32.2. The van der Waals surface area contributed by atoms with Crippen LogP contribution in [0.3, 0.4) is 0 Å². The predicted molar refractivity (Wildman–Crippen MR) is 185 cm³/mol. The largest absolute Gasteiger partial charge is 0.354 e. The third kappa shape index (κ3) is 8.85. The van der Waals surface area contributed by atoms with Gasteiger partial charge < -0.3 is 10.2 Å². The van der Waals surface area contributed by atoms with E-state index in [1.807, 2.05) is 101 Å². The Morgan fingerprint density at radius 3 is 1.96 bits per heavy atom. The number of sulfonamides is 1. The van der Waals surface area contributed by atoms with Crippen LogP contribution in [0.25, 0.3) is 0 Å². The van der Waals surface area contributed by atoms with Gasteiger partial charge in [0, 0.05) is 19.5 Å². The van der Waals surface area contributed by atoms with Crippen molar-refractivity contribution in [3.63, 3.8) is 0 Å². The molecule has 0 spiro atoms. The second kappa shape index (κ2) is 15.7. The molecule has 0 saturated heterocycles. The van der Waals surface area contributed by atoms with Crippen LogP contribution < -0.4 is 9.62 Å². The lowest BCUT2D eigenvalue weighted by atomic mass is 10.0. The maximum absolute atomic E-state index is 14.6. The van der Waals surface area contributed by atoms with E-state index < -0.39 is 28.5 Å². The van der Waals surface area contributed by atoms with E-state index in [-0.39, 0.29) is 29.7 Å². The molecule has 4 aromatic rings. The van der Waals surface area contributed by atoms with Crippen molar-refractivity contribution >= 4 is 27.5 Å². The highest BCUT2D eigenvalue weighted by Crippen LogP contribution is 2.29. The number of carbonyl (C=O) groups excluding carboxylic acids is 2. The number of hydrogen-bond acceptors (Lipinski definition) is 4. The zero-order valence-corrected chi connectivity index (χ0v) is 28.3. The fourth-order valence-corrected chi connectivity index (χ4v) is 6.72. The minimum atomic E-state index is -4.15. The van der Waals surface area contributed by atoms with Crippen molar-refractivity contribution in [2.24, 2.45) is 5.92 Å². The van der Waals surface area contributed by atoms with Crippen molar-refractivity contribution in [1.82, 2.24) is 10.2 Å². The van der Waals surface area contributed by atoms with Crippen molar-refractivity contribution < 1.29 is 18.0 Å². The lowest BCUT2D eigenvalue weighted by molar-refractivity contribution is -0.140. The van der Waals surface area contributed by atoms with Crippen LogP contribution in [0.15, 0.2) is 108 Å². The number of rotatable bonds is 14. The minimum Gasteiger partial charge on any atom is -0.354 e. The Kier molecular flexibility index (Phi) is 11.8. The zero-order chi connectivity index (χ0) is 33.3.